The highest BCUT2D eigenvalue weighted by Gasteiger charge is 2.24. The van der Waals surface area contributed by atoms with Crippen molar-refractivity contribution in [2.24, 2.45) is 10.2 Å². The third-order valence-electron chi connectivity index (χ3n) is 4.38. The maximum atomic E-state index is 12.2. The minimum atomic E-state index is -0.294. The number of phenolic OH excluding ortho intramolecular Hbond substituents is 1. The number of aromatic hydroxyl groups is 1. The van der Waals surface area contributed by atoms with Crippen LogP contribution in [-0.2, 0) is 11.2 Å². The Morgan fingerprint density at radius 1 is 1.39 bits per heavy atom. The number of hydrogen-bond donors (Lipinski definition) is 2. The zero-order valence-electron chi connectivity index (χ0n) is 17.7. The molecule has 0 saturated carbocycles. The Morgan fingerprint density at radius 3 is 2.68 bits per heavy atom. The summed E-state index contributed by atoms with van der Waals surface area (Å²) < 4.78 is 0. The number of nitrogens with zero attached hydrogens (tertiary/aromatic N) is 2. The Morgan fingerprint density at radius 2 is 2.11 bits per heavy atom. The summed E-state index contributed by atoms with van der Waals surface area (Å²) in [6, 6.07) is 4.88. The molecule has 0 aromatic heterocycles. The van der Waals surface area contributed by atoms with E-state index in [4.69, 9.17) is 0 Å². The summed E-state index contributed by atoms with van der Waals surface area (Å²) in [4.78, 5) is 12.2. The van der Waals surface area contributed by atoms with E-state index >= 15 is 0 Å². The summed E-state index contributed by atoms with van der Waals surface area (Å²) in [6.07, 6.45) is 9.58. The van der Waals surface area contributed by atoms with Crippen LogP contribution in [0.2, 0.25) is 0 Å². The van der Waals surface area contributed by atoms with Gasteiger partial charge in [0.05, 0.1) is 11.7 Å². The maximum Gasteiger partial charge on any atom is 0.147 e. The molecule has 1 aromatic rings. The molecule has 0 fully saturated rings. The SMILES string of the molecule is C=C/C=C\C(=C/C)N=Nc1cc(CC(NC(C)(C)CCC)C(C)=O)ccc1O. The first-order valence-corrected chi connectivity index (χ1v) is 9.69. The lowest BCUT2D eigenvalue weighted by Crippen LogP contribution is -2.49. The molecule has 0 aliphatic carbocycles. The van der Waals surface area contributed by atoms with Gasteiger partial charge in [-0.25, -0.2) is 0 Å². The lowest BCUT2D eigenvalue weighted by atomic mass is 9.94. The molecule has 152 valence electrons. The summed E-state index contributed by atoms with van der Waals surface area (Å²) in [5.41, 5.74) is 1.83. The highest BCUT2D eigenvalue weighted by atomic mass is 16.3. The van der Waals surface area contributed by atoms with E-state index < -0.39 is 0 Å². The lowest BCUT2D eigenvalue weighted by Gasteiger charge is -2.31. The second-order valence-electron chi connectivity index (χ2n) is 7.48. The fourth-order valence-electron chi connectivity index (χ4n) is 2.94. The second-order valence-corrected chi connectivity index (χ2v) is 7.48. The smallest absolute Gasteiger partial charge is 0.147 e. The molecule has 28 heavy (non-hydrogen) atoms. The minimum Gasteiger partial charge on any atom is -0.506 e. The van der Waals surface area contributed by atoms with Crippen molar-refractivity contribution in [3.05, 3.63) is 60.3 Å². The molecule has 0 aliphatic rings. The van der Waals surface area contributed by atoms with E-state index in [1.165, 1.54) is 0 Å². The number of carbonyl (C=O) groups is 1. The number of allylic oxidation sites excluding steroid dienone is 4. The molecule has 2 N–H and O–H groups in total. The second kappa shape index (κ2) is 11.3. The van der Waals surface area contributed by atoms with Crippen LogP contribution in [0.4, 0.5) is 5.69 Å². The zero-order chi connectivity index (χ0) is 21.2. The van der Waals surface area contributed by atoms with Crippen LogP contribution in [0, 0.1) is 0 Å². The van der Waals surface area contributed by atoms with Crippen LogP contribution in [0.15, 0.2) is 65.0 Å². The monoisotopic (exact) mass is 383 g/mol. The fraction of sp³-hybridized carbons (Fsp3) is 0.435. The number of azo groups is 1. The summed E-state index contributed by atoms with van der Waals surface area (Å²) in [7, 11) is 0. The molecule has 5 nitrogen and oxygen atoms in total. The number of hydrogen-bond acceptors (Lipinski definition) is 5. The van der Waals surface area contributed by atoms with Gasteiger partial charge >= 0.3 is 0 Å². The molecule has 0 radical (unpaired) electrons. The number of ketones is 1. The third kappa shape index (κ3) is 8.01. The van der Waals surface area contributed by atoms with E-state index in [0.717, 1.165) is 18.4 Å². The van der Waals surface area contributed by atoms with Crippen LogP contribution in [0.5, 0.6) is 5.75 Å². The molecular formula is C23H33N3O2. The van der Waals surface area contributed by atoms with Gasteiger partial charge in [0, 0.05) is 5.54 Å². The Kier molecular flexibility index (Phi) is 9.52. The van der Waals surface area contributed by atoms with Gasteiger partial charge in [0.2, 0.25) is 0 Å². The fourth-order valence-corrected chi connectivity index (χ4v) is 2.94. The van der Waals surface area contributed by atoms with Gasteiger partial charge in [-0.05, 0) is 64.3 Å². The molecule has 0 bridgehead atoms. The van der Waals surface area contributed by atoms with Crippen molar-refractivity contribution in [2.45, 2.75) is 65.5 Å². The summed E-state index contributed by atoms with van der Waals surface area (Å²) >= 11 is 0. The summed E-state index contributed by atoms with van der Waals surface area (Å²) in [5, 5.41) is 21.9. The molecule has 5 heteroatoms. The molecule has 1 atom stereocenters. The third-order valence-corrected chi connectivity index (χ3v) is 4.38. The van der Waals surface area contributed by atoms with E-state index in [2.05, 4.69) is 42.9 Å². The first kappa shape index (κ1) is 23.5. The lowest BCUT2D eigenvalue weighted by molar-refractivity contribution is -0.119. The van der Waals surface area contributed by atoms with Crippen LogP contribution < -0.4 is 5.32 Å². The van der Waals surface area contributed by atoms with Gasteiger partial charge < -0.3 is 10.4 Å². The van der Waals surface area contributed by atoms with Gasteiger partial charge in [0.25, 0.3) is 0 Å². The predicted molar refractivity (Wildman–Crippen MR) is 116 cm³/mol. The van der Waals surface area contributed by atoms with Crippen LogP contribution >= 0.6 is 0 Å². The molecule has 0 heterocycles. The van der Waals surface area contributed by atoms with Gasteiger partial charge in [-0.1, -0.05) is 44.2 Å². The predicted octanol–water partition coefficient (Wildman–Crippen LogP) is 5.79. The Balaban J connectivity index is 3.03. The number of benzene rings is 1. The number of carbonyl (C=O) groups excluding carboxylic acids is 1. The first-order chi connectivity index (χ1) is 13.2. The standard InChI is InChI=1S/C23H33N3O2/c1-7-10-11-19(9-3)25-26-21-16-18(12-13-22(21)28)15-20(17(4)27)24-23(5,6)14-8-2/h7,9-13,16,20,24,28H,1,8,14-15H2,2-6H3/b11-10-,19-9+,26-25?. The van der Waals surface area contributed by atoms with Gasteiger partial charge in [0.1, 0.15) is 17.2 Å². The van der Waals surface area contributed by atoms with Crippen LogP contribution in [0.1, 0.15) is 53.0 Å². The number of nitrogens with one attached hydrogen (secondary N) is 1. The topological polar surface area (TPSA) is 74.0 Å². The molecule has 1 rings (SSSR count). The maximum absolute atomic E-state index is 12.2. The number of rotatable bonds is 11. The Bertz CT molecular complexity index is 761. The molecule has 1 unspecified atom stereocenters. The quantitative estimate of drug-likeness (QED) is 0.375. The normalized spacial score (nSPS) is 14.0. The molecule has 1 aromatic carbocycles. The van der Waals surface area contributed by atoms with Crippen LogP contribution in [-0.4, -0.2) is 22.5 Å². The largest absolute Gasteiger partial charge is 0.506 e. The highest BCUT2D eigenvalue weighted by Crippen LogP contribution is 2.29. The van der Waals surface area contributed by atoms with Crippen LogP contribution in [0.25, 0.3) is 0 Å². The van der Waals surface area contributed by atoms with E-state index in [1.807, 2.05) is 19.1 Å². The molecular weight excluding hydrogens is 350 g/mol. The van der Waals surface area contributed by atoms with Crippen molar-refractivity contribution >= 4 is 11.5 Å². The van der Waals surface area contributed by atoms with Crippen molar-refractivity contribution in [1.29, 1.82) is 0 Å². The molecule has 0 spiro atoms. The average Bonchev–Trinajstić information content (AvgIpc) is 2.63. The molecule has 0 amide bonds. The van der Waals surface area contributed by atoms with Gasteiger partial charge in [-0.15, -0.1) is 5.11 Å². The van der Waals surface area contributed by atoms with Crippen molar-refractivity contribution in [3.63, 3.8) is 0 Å². The average molecular weight is 384 g/mol. The van der Waals surface area contributed by atoms with Crippen molar-refractivity contribution in [2.75, 3.05) is 0 Å². The summed E-state index contributed by atoms with van der Waals surface area (Å²) in [5.74, 6) is 0.139. The first-order valence-electron chi connectivity index (χ1n) is 9.69. The number of Topliss-reactive ketones (excluding diaryl/α,β-unsaturated/α-hetero) is 1. The van der Waals surface area contributed by atoms with Crippen LogP contribution in [0.3, 0.4) is 0 Å². The van der Waals surface area contributed by atoms with E-state index in [0.29, 0.717) is 17.8 Å². The van der Waals surface area contributed by atoms with E-state index in [9.17, 15) is 9.90 Å². The number of phenols is 1. The van der Waals surface area contributed by atoms with Crippen molar-refractivity contribution in [1.82, 2.24) is 5.32 Å². The van der Waals surface area contributed by atoms with Crippen molar-refractivity contribution < 1.29 is 9.90 Å². The Labute approximate surface area is 169 Å². The minimum absolute atomic E-state index is 0.0503. The van der Waals surface area contributed by atoms with E-state index in [-0.39, 0.29) is 23.1 Å². The van der Waals surface area contributed by atoms with E-state index in [1.54, 1.807) is 37.3 Å². The highest BCUT2D eigenvalue weighted by molar-refractivity contribution is 5.82. The van der Waals surface area contributed by atoms with Gasteiger partial charge in [0.15, 0.2) is 0 Å². The van der Waals surface area contributed by atoms with Gasteiger partial charge in [-0.3, -0.25) is 4.79 Å². The molecule has 0 saturated heterocycles. The molecule has 0 aliphatic heterocycles. The van der Waals surface area contributed by atoms with Gasteiger partial charge in [-0.2, -0.15) is 5.11 Å². The zero-order valence-corrected chi connectivity index (χ0v) is 17.7. The summed E-state index contributed by atoms with van der Waals surface area (Å²) in [6.45, 7) is 13.4. The Hall–Kier alpha value is -2.53. The van der Waals surface area contributed by atoms with Crippen molar-refractivity contribution in [3.8, 4) is 5.75 Å².